The average Bonchev–Trinajstić information content (AvgIpc) is 4.27. The first-order chi connectivity index (χ1) is 37.0. The van der Waals surface area contributed by atoms with Crippen molar-refractivity contribution >= 4 is 65.6 Å². The van der Waals surface area contributed by atoms with Crippen LogP contribution in [0.4, 0.5) is 0 Å². The molecule has 4 aromatic heterocycles. The number of hydrogen-bond acceptors (Lipinski definition) is 4. The lowest BCUT2D eigenvalue weighted by atomic mass is 10.0. The number of nitrogens with zero attached hydrogens (tertiary/aromatic N) is 5. The second-order valence-corrected chi connectivity index (χ2v) is 12.8. The molecular weight excluding hydrogens is 699 g/mol. The van der Waals surface area contributed by atoms with Gasteiger partial charge in [0.05, 0.1) is 61.9 Å². The van der Waals surface area contributed by atoms with E-state index in [2.05, 4.69) is 4.98 Å². The molecule has 0 fully saturated rings. The van der Waals surface area contributed by atoms with Crippen molar-refractivity contribution in [1.82, 2.24) is 24.1 Å². The highest BCUT2D eigenvalue weighted by Gasteiger charge is 2.25. The molecule has 0 aliphatic heterocycles. The van der Waals surface area contributed by atoms with Crippen LogP contribution < -0.4 is 0 Å². The normalized spacial score (nSPS) is 17.0. The number of hydrogen-bond donors (Lipinski definition) is 0. The number of aromatic nitrogens is 5. The first kappa shape index (κ1) is 17.3. The van der Waals surface area contributed by atoms with E-state index in [9.17, 15) is 4.11 Å². The monoisotopic (exact) mass is 750 g/mol. The third-order valence-corrected chi connectivity index (χ3v) is 9.82. The quantitative estimate of drug-likeness (QED) is 0.176. The molecule has 0 saturated carbocycles. The van der Waals surface area contributed by atoms with E-state index in [4.69, 9.17) is 39.1 Å². The summed E-state index contributed by atoms with van der Waals surface area (Å²) >= 11 is 0. The maximum absolute atomic E-state index is 10.1. The van der Waals surface area contributed by atoms with Gasteiger partial charge in [-0.3, -0.25) is 4.57 Å². The van der Waals surface area contributed by atoms with E-state index in [0.29, 0.717) is 32.6 Å². The number of benzene rings is 8. The second kappa shape index (κ2) is 12.3. The molecule has 6 heteroatoms. The largest absolute Gasteiger partial charge is 0.455 e. The van der Waals surface area contributed by atoms with Crippen molar-refractivity contribution < 1.29 is 33.2 Å². The molecule has 0 unspecified atom stereocenters. The van der Waals surface area contributed by atoms with Crippen LogP contribution in [-0.2, 0) is 0 Å². The molecule has 0 N–H and O–H groups in total. The van der Waals surface area contributed by atoms with Crippen molar-refractivity contribution in [3.63, 3.8) is 0 Å². The molecule has 0 atom stereocenters. The maximum atomic E-state index is 10.1. The Kier molecular flexibility index (Phi) is 3.75. The molecule has 0 bridgehead atoms. The van der Waals surface area contributed by atoms with E-state index in [1.807, 2.05) is 0 Å². The van der Waals surface area contributed by atoms with Gasteiger partial charge in [0.1, 0.15) is 11.2 Å². The molecular formula is C51H31N5O. The summed E-state index contributed by atoms with van der Waals surface area (Å²) in [5, 5.41) is 1.54. The summed E-state index contributed by atoms with van der Waals surface area (Å²) in [4.78, 5) is 14.1. The molecule has 8 aromatic carbocycles. The van der Waals surface area contributed by atoms with Crippen molar-refractivity contribution in [2.24, 2.45) is 0 Å². The predicted molar refractivity (Wildman–Crippen MR) is 232 cm³/mol. The minimum atomic E-state index is -0.769. The van der Waals surface area contributed by atoms with Crippen LogP contribution in [-0.4, -0.2) is 24.1 Å². The molecule has 0 saturated heterocycles. The summed E-state index contributed by atoms with van der Waals surface area (Å²) in [5.74, 6) is -1.46. The summed E-state index contributed by atoms with van der Waals surface area (Å²) in [7, 11) is 0. The van der Waals surface area contributed by atoms with E-state index in [0.717, 1.165) is 0 Å². The molecule has 6 nitrogen and oxygen atoms in total. The van der Waals surface area contributed by atoms with Gasteiger partial charge in [-0.1, -0.05) is 157 Å². The molecule has 266 valence electrons. The van der Waals surface area contributed by atoms with E-state index in [-0.39, 0.29) is 33.4 Å². The Bertz CT molecular complexity index is 4600. The molecule has 0 amide bonds. The minimum Gasteiger partial charge on any atom is -0.455 e. The molecule has 0 spiro atoms. The van der Waals surface area contributed by atoms with Gasteiger partial charge in [0.2, 0.25) is 5.95 Å². The van der Waals surface area contributed by atoms with Gasteiger partial charge < -0.3 is 8.98 Å². The first-order valence-electron chi connectivity index (χ1n) is 27.9. The van der Waals surface area contributed by atoms with Crippen molar-refractivity contribution in [2.45, 2.75) is 0 Å². The second-order valence-electron chi connectivity index (χ2n) is 12.8. The molecule has 0 aliphatic carbocycles. The summed E-state index contributed by atoms with van der Waals surface area (Å²) in [6.07, 6.45) is 0. The van der Waals surface area contributed by atoms with Crippen molar-refractivity contribution in [1.29, 1.82) is 0 Å². The average molecular weight is 751 g/mol. The molecule has 12 aromatic rings. The fraction of sp³-hybridized carbons (Fsp3) is 0. The zero-order valence-electron chi connectivity index (χ0n) is 49.9. The smallest absolute Gasteiger partial charge is 0.238 e. The van der Waals surface area contributed by atoms with Gasteiger partial charge in [0.25, 0.3) is 0 Å². The van der Waals surface area contributed by atoms with Crippen molar-refractivity contribution in [3.8, 4) is 45.5 Å². The van der Waals surface area contributed by atoms with Crippen LogP contribution in [0.5, 0.6) is 0 Å². The van der Waals surface area contributed by atoms with Gasteiger partial charge in [-0.2, -0.15) is 9.97 Å². The number of para-hydroxylation sites is 3. The first-order valence-corrected chi connectivity index (χ1v) is 17.4. The summed E-state index contributed by atoms with van der Waals surface area (Å²) < 4.78 is 195. The Hall–Kier alpha value is -7.83. The van der Waals surface area contributed by atoms with Crippen LogP contribution in [0, 0.1) is 0 Å². The van der Waals surface area contributed by atoms with Crippen molar-refractivity contribution in [2.75, 3.05) is 0 Å². The Balaban J connectivity index is 1.32. The van der Waals surface area contributed by atoms with Gasteiger partial charge in [-0.15, -0.1) is 0 Å². The van der Waals surface area contributed by atoms with E-state index >= 15 is 0 Å². The fourth-order valence-electron chi connectivity index (χ4n) is 7.53. The van der Waals surface area contributed by atoms with Gasteiger partial charge >= 0.3 is 0 Å². The summed E-state index contributed by atoms with van der Waals surface area (Å²) in [6.45, 7) is 0. The Morgan fingerprint density at radius 3 is 1.60 bits per heavy atom. The van der Waals surface area contributed by atoms with Crippen LogP contribution >= 0.6 is 0 Å². The third-order valence-electron chi connectivity index (χ3n) is 9.82. The van der Waals surface area contributed by atoms with Gasteiger partial charge in [-0.25, -0.2) is 4.98 Å². The Labute approximate surface area is 356 Å². The SMILES string of the molecule is [2H]c1c([2H])c([2H])c(-c2nc(-c3c([2H])c([2H])c([2H])c([2H])c3[2H])nc(-n3c4ccccc4c4ccc5c6ccccc6n(-c6c([2H])c([2H])c(-c7c([2H])c([2H])c([2H])c([2H])c7[2H])c7oc8c([2H])c([2H])c([2H])c([2H])c8c67)c5c43)n2)c([2H])c1[2H]. The lowest BCUT2D eigenvalue weighted by Crippen LogP contribution is -2.07. The standard InChI is InChI=1S/C51H31N5O/c1-4-16-32(17-5-1)35-30-31-43(45-40-24-12-15-27-44(40)57-48(35)45)55-41-25-13-10-22-36(41)38-28-29-39-37-23-11-14-26-42(37)56(47(39)46(38)55)51-53-49(33-18-6-2-7-19-33)52-50(54-51)34-20-8-3-9-21-34/h1-31H/i1D,2D,3D,4D,5D,6D,7D,8D,9D,12D,15D,16D,17D,18D,19D,20D,21D,24D,27D,30D,31D. The summed E-state index contributed by atoms with van der Waals surface area (Å²) in [5.41, 5.74) is -1.92. The van der Waals surface area contributed by atoms with Crippen LogP contribution in [0.15, 0.2) is 192 Å². The molecule has 0 radical (unpaired) electrons. The van der Waals surface area contributed by atoms with Gasteiger partial charge in [0, 0.05) is 43.6 Å². The van der Waals surface area contributed by atoms with E-state index < -0.39 is 172 Å². The molecule has 12 rings (SSSR count). The predicted octanol–water partition coefficient (Wildman–Crippen LogP) is 13.0. The molecule has 0 aliphatic rings. The zero-order valence-corrected chi connectivity index (χ0v) is 28.9. The highest BCUT2D eigenvalue weighted by Crippen LogP contribution is 2.45. The van der Waals surface area contributed by atoms with Crippen LogP contribution in [0.1, 0.15) is 28.8 Å². The zero-order chi connectivity index (χ0) is 55.7. The van der Waals surface area contributed by atoms with Crippen LogP contribution in [0.2, 0.25) is 0 Å². The minimum absolute atomic E-state index is 0.200. The topological polar surface area (TPSA) is 61.7 Å². The number of fused-ring (bicyclic) bond motifs is 10. The van der Waals surface area contributed by atoms with E-state index in [1.165, 1.54) is 4.57 Å². The molecule has 4 heterocycles. The van der Waals surface area contributed by atoms with Crippen LogP contribution in [0.25, 0.3) is 111 Å². The lowest BCUT2D eigenvalue weighted by molar-refractivity contribution is 0.670. The molecule has 57 heavy (non-hydrogen) atoms. The lowest BCUT2D eigenvalue weighted by Gasteiger charge is -2.15. The number of rotatable bonds is 5. The van der Waals surface area contributed by atoms with Gasteiger partial charge in [0.15, 0.2) is 11.6 Å². The maximum Gasteiger partial charge on any atom is 0.238 e. The van der Waals surface area contributed by atoms with Crippen LogP contribution in [0.3, 0.4) is 0 Å². The van der Waals surface area contributed by atoms with Crippen molar-refractivity contribution in [3.05, 3.63) is 188 Å². The highest BCUT2D eigenvalue weighted by atomic mass is 16.3. The fourth-order valence-corrected chi connectivity index (χ4v) is 7.53. The third kappa shape index (κ3) is 4.74. The Morgan fingerprint density at radius 2 is 0.965 bits per heavy atom. The van der Waals surface area contributed by atoms with E-state index in [1.54, 1.807) is 65.2 Å². The summed E-state index contributed by atoms with van der Waals surface area (Å²) in [6, 6.07) is 2.19. The van der Waals surface area contributed by atoms with Gasteiger partial charge in [-0.05, 0) is 35.8 Å². The Morgan fingerprint density at radius 1 is 0.439 bits per heavy atom. The number of furan rings is 1. The highest BCUT2D eigenvalue weighted by molar-refractivity contribution is 6.25.